The van der Waals surface area contributed by atoms with Gasteiger partial charge in [-0.25, -0.2) is 4.98 Å². The smallest absolute Gasteiger partial charge is 0.250 e. The van der Waals surface area contributed by atoms with E-state index in [2.05, 4.69) is 4.98 Å². The van der Waals surface area contributed by atoms with E-state index >= 15 is 0 Å². The molecule has 0 amide bonds. The Hall–Kier alpha value is -1.35. The first-order valence-corrected chi connectivity index (χ1v) is 10.2. The number of nitrogens with zero attached hydrogens (tertiary/aromatic N) is 4. The largest absolute Gasteiger partial charge is 0.281 e. The van der Waals surface area contributed by atoms with Crippen molar-refractivity contribution in [2.75, 3.05) is 27.2 Å². The minimum absolute atomic E-state index is 0.306. The van der Waals surface area contributed by atoms with Crippen LogP contribution in [0.25, 0.3) is 10.7 Å². The van der Waals surface area contributed by atoms with E-state index < -0.39 is 10.2 Å². The van der Waals surface area contributed by atoms with Crippen LogP contribution >= 0.6 is 11.3 Å². The van der Waals surface area contributed by atoms with Crippen molar-refractivity contribution >= 4 is 21.5 Å². The highest BCUT2D eigenvalue weighted by Gasteiger charge is 2.32. The lowest BCUT2D eigenvalue weighted by molar-refractivity contribution is 0.409. The SMILES string of the molecule is Cc1csc(-c2cccc(C[C@H]3CCN(S(=O)(=O)N(C)C)C3)n2)n1. The van der Waals surface area contributed by atoms with Gasteiger partial charge in [-0.3, -0.25) is 4.98 Å². The van der Waals surface area contributed by atoms with Crippen LogP contribution in [0.2, 0.25) is 0 Å². The lowest BCUT2D eigenvalue weighted by Gasteiger charge is -2.20. The van der Waals surface area contributed by atoms with Gasteiger partial charge in [0.25, 0.3) is 10.2 Å². The fraction of sp³-hybridized carbons (Fsp3) is 0.500. The molecule has 1 saturated heterocycles. The first kappa shape index (κ1) is 17.5. The molecule has 24 heavy (non-hydrogen) atoms. The number of hydrogen-bond acceptors (Lipinski definition) is 5. The number of rotatable bonds is 5. The molecule has 1 aliphatic heterocycles. The maximum atomic E-state index is 12.2. The van der Waals surface area contributed by atoms with Crippen LogP contribution in [0, 0.1) is 12.8 Å². The van der Waals surface area contributed by atoms with Crippen LogP contribution in [0.5, 0.6) is 0 Å². The van der Waals surface area contributed by atoms with Gasteiger partial charge < -0.3 is 0 Å². The molecule has 8 heteroatoms. The van der Waals surface area contributed by atoms with Crippen molar-refractivity contribution in [3.05, 3.63) is 35.0 Å². The van der Waals surface area contributed by atoms with Crippen molar-refractivity contribution < 1.29 is 8.42 Å². The fourth-order valence-electron chi connectivity index (χ4n) is 2.88. The van der Waals surface area contributed by atoms with Crippen molar-refractivity contribution in [1.29, 1.82) is 0 Å². The molecule has 2 aromatic rings. The third-order valence-corrected chi connectivity index (χ3v) is 7.07. The van der Waals surface area contributed by atoms with E-state index in [1.807, 2.05) is 30.5 Å². The van der Waals surface area contributed by atoms with Gasteiger partial charge >= 0.3 is 0 Å². The van der Waals surface area contributed by atoms with Crippen LogP contribution in [-0.4, -0.2) is 54.2 Å². The zero-order valence-corrected chi connectivity index (χ0v) is 15.8. The molecule has 6 nitrogen and oxygen atoms in total. The summed E-state index contributed by atoms with van der Waals surface area (Å²) in [4.78, 5) is 9.19. The minimum Gasteiger partial charge on any atom is -0.250 e. The molecule has 0 aliphatic carbocycles. The predicted octanol–water partition coefficient (Wildman–Crippen LogP) is 2.18. The molecule has 0 radical (unpaired) electrons. The van der Waals surface area contributed by atoms with Crippen LogP contribution in [-0.2, 0) is 16.6 Å². The van der Waals surface area contributed by atoms with Gasteiger partial charge in [-0.1, -0.05) is 6.07 Å². The lowest BCUT2D eigenvalue weighted by atomic mass is 10.0. The second-order valence-electron chi connectivity index (χ2n) is 6.32. The molecule has 3 heterocycles. The minimum atomic E-state index is -3.31. The highest BCUT2D eigenvalue weighted by Crippen LogP contribution is 2.25. The first-order chi connectivity index (χ1) is 11.4. The fourth-order valence-corrected chi connectivity index (χ4v) is 4.85. The molecule has 1 atom stereocenters. The highest BCUT2D eigenvalue weighted by molar-refractivity contribution is 7.86. The Kier molecular flexibility index (Phi) is 5.00. The highest BCUT2D eigenvalue weighted by atomic mass is 32.2. The predicted molar refractivity (Wildman–Crippen MR) is 96.1 cm³/mol. The maximum absolute atomic E-state index is 12.2. The van der Waals surface area contributed by atoms with Gasteiger partial charge in [-0.05, 0) is 37.8 Å². The van der Waals surface area contributed by atoms with Crippen LogP contribution < -0.4 is 0 Å². The second kappa shape index (κ2) is 6.87. The monoisotopic (exact) mass is 366 g/mol. The Bertz CT molecular complexity index is 817. The zero-order valence-electron chi connectivity index (χ0n) is 14.1. The normalized spacial score (nSPS) is 19.2. The summed E-state index contributed by atoms with van der Waals surface area (Å²) in [7, 11) is -0.166. The first-order valence-electron chi connectivity index (χ1n) is 7.92. The quantitative estimate of drug-likeness (QED) is 0.813. The molecule has 1 fully saturated rings. The topological polar surface area (TPSA) is 66.4 Å². The van der Waals surface area contributed by atoms with Crippen molar-refractivity contribution in [2.45, 2.75) is 19.8 Å². The molecule has 0 spiro atoms. The Morgan fingerprint density at radius 1 is 1.33 bits per heavy atom. The average molecular weight is 367 g/mol. The molecule has 2 aromatic heterocycles. The van der Waals surface area contributed by atoms with E-state index in [-0.39, 0.29) is 0 Å². The van der Waals surface area contributed by atoms with E-state index in [4.69, 9.17) is 4.98 Å². The molecule has 0 bridgehead atoms. The van der Waals surface area contributed by atoms with Crippen LogP contribution in [0.15, 0.2) is 23.6 Å². The van der Waals surface area contributed by atoms with Crippen LogP contribution in [0.3, 0.4) is 0 Å². The third kappa shape index (κ3) is 3.66. The van der Waals surface area contributed by atoms with Gasteiger partial charge in [0.2, 0.25) is 0 Å². The summed E-state index contributed by atoms with van der Waals surface area (Å²) in [6.45, 7) is 3.11. The maximum Gasteiger partial charge on any atom is 0.281 e. The standard InChI is InChI=1S/C16H22N4O2S2/c1-12-11-23-16(17-12)15-6-4-5-14(18-15)9-13-7-8-20(10-13)24(21,22)19(2)3/h4-6,11,13H,7-10H2,1-3H3/t13-/m1/s1. The summed E-state index contributed by atoms with van der Waals surface area (Å²) in [5.74, 6) is 0.306. The van der Waals surface area contributed by atoms with Crippen molar-refractivity contribution in [1.82, 2.24) is 18.6 Å². The Balaban J connectivity index is 1.69. The molecule has 0 N–H and O–H groups in total. The Labute approximate surface area is 147 Å². The second-order valence-corrected chi connectivity index (χ2v) is 9.32. The van der Waals surface area contributed by atoms with E-state index in [1.54, 1.807) is 29.7 Å². The van der Waals surface area contributed by atoms with Crippen LogP contribution in [0.4, 0.5) is 0 Å². The molecule has 0 unspecified atom stereocenters. The summed E-state index contributed by atoms with van der Waals surface area (Å²) in [6, 6.07) is 5.98. The van der Waals surface area contributed by atoms with E-state index in [0.29, 0.717) is 19.0 Å². The summed E-state index contributed by atoms with van der Waals surface area (Å²) < 4.78 is 27.2. The molecule has 0 aromatic carbocycles. The van der Waals surface area contributed by atoms with E-state index in [9.17, 15) is 8.42 Å². The summed E-state index contributed by atoms with van der Waals surface area (Å²) in [6.07, 6.45) is 1.66. The van der Waals surface area contributed by atoms with Gasteiger partial charge in [-0.15, -0.1) is 11.3 Å². The van der Waals surface area contributed by atoms with E-state index in [1.165, 1.54) is 4.31 Å². The van der Waals surface area contributed by atoms with Crippen molar-refractivity contribution in [2.24, 2.45) is 5.92 Å². The van der Waals surface area contributed by atoms with E-state index in [0.717, 1.165) is 34.9 Å². The van der Waals surface area contributed by atoms with Crippen molar-refractivity contribution in [3.8, 4) is 10.7 Å². The van der Waals surface area contributed by atoms with Gasteiger partial charge in [0, 0.05) is 44.0 Å². The average Bonchev–Trinajstić information content (AvgIpc) is 3.17. The molecule has 1 aliphatic rings. The molecule has 0 saturated carbocycles. The van der Waals surface area contributed by atoms with Gasteiger partial charge in [-0.2, -0.15) is 17.0 Å². The summed E-state index contributed by atoms with van der Waals surface area (Å²) >= 11 is 1.59. The number of thiazole rings is 1. The van der Waals surface area contributed by atoms with Gasteiger partial charge in [0.1, 0.15) is 5.01 Å². The van der Waals surface area contributed by atoms with Crippen molar-refractivity contribution in [3.63, 3.8) is 0 Å². The Morgan fingerprint density at radius 3 is 2.79 bits per heavy atom. The van der Waals surface area contributed by atoms with Gasteiger partial charge in [0.05, 0.1) is 5.69 Å². The number of hydrogen-bond donors (Lipinski definition) is 0. The Morgan fingerprint density at radius 2 is 2.12 bits per heavy atom. The zero-order chi connectivity index (χ0) is 17.3. The molecular formula is C16H22N4O2S2. The van der Waals surface area contributed by atoms with Crippen LogP contribution in [0.1, 0.15) is 17.8 Å². The third-order valence-electron chi connectivity index (χ3n) is 4.18. The molecule has 130 valence electrons. The number of pyridine rings is 1. The summed E-state index contributed by atoms with van der Waals surface area (Å²) in [5.41, 5.74) is 2.89. The number of aromatic nitrogens is 2. The molecular weight excluding hydrogens is 344 g/mol. The lowest BCUT2D eigenvalue weighted by Crippen LogP contribution is -2.38. The number of aryl methyl sites for hydroxylation is 1. The summed E-state index contributed by atoms with van der Waals surface area (Å²) in [5, 5.41) is 2.95. The molecule has 3 rings (SSSR count). The van der Waals surface area contributed by atoms with Gasteiger partial charge in [0.15, 0.2) is 0 Å².